The van der Waals surface area contributed by atoms with E-state index >= 15 is 0 Å². The maximum atomic E-state index is 11.2. The van der Waals surface area contributed by atoms with Crippen LogP contribution in [0.2, 0.25) is 0 Å². The number of anilines is 1. The molecule has 0 aliphatic carbocycles. The molecule has 1 aromatic heterocycles. The zero-order valence-corrected chi connectivity index (χ0v) is 11.2. The minimum atomic E-state index is -0.898. The van der Waals surface area contributed by atoms with Crippen LogP contribution in [0.3, 0.4) is 0 Å². The Morgan fingerprint density at radius 1 is 1.56 bits per heavy atom. The van der Waals surface area contributed by atoms with E-state index < -0.39 is 5.97 Å². The van der Waals surface area contributed by atoms with Crippen molar-refractivity contribution in [1.82, 2.24) is 4.98 Å². The zero-order chi connectivity index (χ0) is 13.3. The van der Waals surface area contributed by atoms with E-state index in [-0.39, 0.29) is 0 Å². The Morgan fingerprint density at radius 2 is 2.28 bits per heavy atom. The van der Waals surface area contributed by atoms with Crippen molar-refractivity contribution in [2.45, 2.75) is 27.2 Å². The highest BCUT2D eigenvalue weighted by molar-refractivity contribution is 5.94. The summed E-state index contributed by atoms with van der Waals surface area (Å²) in [5, 5.41) is 9.23. The predicted octanol–water partition coefficient (Wildman–Crippen LogP) is 2.57. The predicted molar refractivity (Wildman–Crippen MR) is 71.1 cm³/mol. The van der Waals surface area contributed by atoms with Gasteiger partial charge in [0.15, 0.2) is 0 Å². The molecule has 1 fully saturated rings. The summed E-state index contributed by atoms with van der Waals surface area (Å²) in [6.45, 7) is 8.23. The summed E-state index contributed by atoms with van der Waals surface area (Å²) in [4.78, 5) is 17.5. The largest absolute Gasteiger partial charge is 0.478 e. The molecule has 4 nitrogen and oxygen atoms in total. The normalized spacial score (nSPS) is 19.6. The molecule has 0 aromatic carbocycles. The highest BCUT2D eigenvalue weighted by Crippen LogP contribution is 2.30. The van der Waals surface area contributed by atoms with E-state index in [0.29, 0.717) is 17.4 Å². The molecule has 4 heteroatoms. The maximum Gasteiger partial charge on any atom is 0.339 e. The fourth-order valence-corrected chi connectivity index (χ4v) is 2.52. The van der Waals surface area contributed by atoms with Crippen molar-refractivity contribution in [1.29, 1.82) is 0 Å². The number of hydrogen-bond acceptors (Lipinski definition) is 3. The number of aryl methyl sites for hydroxylation is 1. The van der Waals surface area contributed by atoms with E-state index in [1.165, 1.54) is 6.20 Å². The van der Waals surface area contributed by atoms with Crippen LogP contribution < -0.4 is 4.90 Å². The van der Waals surface area contributed by atoms with Crippen LogP contribution in [0, 0.1) is 18.8 Å². The fraction of sp³-hybridized carbons (Fsp3) is 0.571. The first-order valence-electron chi connectivity index (χ1n) is 6.44. The number of carboxylic acid groups (broad SMARTS) is 1. The van der Waals surface area contributed by atoms with Crippen molar-refractivity contribution in [2.24, 2.45) is 11.8 Å². The van der Waals surface area contributed by atoms with Crippen LogP contribution in [-0.2, 0) is 0 Å². The molecule has 1 saturated heterocycles. The number of aromatic carboxylic acids is 1. The molecular weight excluding hydrogens is 228 g/mol. The standard InChI is InChI=1S/C14H20N2O2/c1-9(2)11-4-5-16(8-11)13-6-10(3)15-7-12(13)14(17)18/h6-7,9,11H,4-5,8H2,1-3H3,(H,17,18). The number of aromatic nitrogens is 1. The van der Waals surface area contributed by atoms with Crippen LogP contribution in [0.15, 0.2) is 12.3 Å². The summed E-state index contributed by atoms with van der Waals surface area (Å²) in [7, 11) is 0. The SMILES string of the molecule is Cc1cc(N2CCC(C(C)C)C2)c(C(=O)O)cn1. The maximum absolute atomic E-state index is 11.2. The van der Waals surface area contributed by atoms with Gasteiger partial charge in [-0.2, -0.15) is 0 Å². The Balaban J connectivity index is 2.28. The lowest BCUT2D eigenvalue weighted by atomic mass is 9.95. The lowest BCUT2D eigenvalue weighted by molar-refractivity contribution is 0.0697. The van der Waals surface area contributed by atoms with Gasteiger partial charge in [-0.05, 0) is 31.2 Å². The van der Waals surface area contributed by atoms with E-state index in [9.17, 15) is 9.90 Å². The van der Waals surface area contributed by atoms with Gasteiger partial charge in [-0.1, -0.05) is 13.8 Å². The molecule has 1 atom stereocenters. The van der Waals surface area contributed by atoms with Crippen LogP contribution in [0.1, 0.15) is 36.3 Å². The Hall–Kier alpha value is -1.58. The minimum Gasteiger partial charge on any atom is -0.478 e. The van der Waals surface area contributed by atoms with E-state index in [0.717, 1.165) is 30.9 Å². The molecular formula is C14H20N2O2. The van der Waals surface area contributed by atoms with Crippen LogP contribution in [0.25, 0.3) is 0 Å². The number of pyridine rings is 1. The molecule has 0 radical (unpaired) electrons. The van der Waals surface area contributed by atoms with Gasteiger partial charge in [0.1, 0.15) is 5.56 Å². The van der Waals surface area contributed by atoms with Gasteiger partial charge < -0.3 is 10.0 Å². The van der Waals surface area contributed by atoms with E-state index in [4.69, 9.17) is 0 Å². The first kappa shape index (κ1) is 12.9. The van der Waals surface area contributed by atoms with Crippen molar-refractivity contribution < 1.29 is 9.90 Å². The summed E-state index contributed by atoms with van der Waals surface area (Å²) < 4.78 is 0. The molecule has 0 bridgehead atoms. The number of hydrogen-bond donors (Lipinski definition) is 1. The lowest BCUT2D eigenvalue weighted by Gasteiger charge is -2.22. The smallest absolute Gasteiger partial charge is 0.339 e. The molecule has 1 aliphatic rings. The second-order valence-electron chi connectivity index (χ2n) is 5.39. The van der Waals surface area contributed by atoms with Crippen molar-refractivity contribution in [3.63, 3.8) is 0 Å². The van der Waals surface area contributed by atoms with Crippen molar-refractivity contribution in [3.05, 3.63) is 23.5 Å². The Labute approximate surface area is 108 Å². The molecule has 2 heterocycles. The Kier molecular flexibility index (Phi) is 3.55. The van der Waals surface area contributed by atoms with Crippen LogP contribution in [0.5, 0.6) is 0 Å². The van der Waals surface area contributed by atoms with Crippen molar-refractivity contribution in [2.75, 3.05) is 18.0 Å². The second-order valence-corrected chi connectivity index (χ2v) is 5.39. The lowest BCUT2D eigenvalue weighted by Crippen LogP contribution is -2.23. The Bertz CT molecular complexity index is 457. The van der Waals surface area contributed by atoms with Gasteiger partial charge in [-0.3, -0.25) is 4.98 Å². The molecule has 0 saturated carbocycles. The molecule has 1 N–H and O–H groups in total. The van der Waals surface area contributed by atoms with Gasteiger partial charge in [0, 0.05) is 25.0 Å². The third kappa shape index (κ3) is 2.47. The summed E-state index contributed by atoms with van der Waals surface area (Å²) in [6.07, 6.45) is 2.60. The summed E-state index contributed by atoms with van der Waals surface area (Å²) in [5.74, 6) is 0.400. The quantitative estimate of drug-likeness (QED) is 0.893. The first-order chi connectivity index (χ1) is 8.49. The average molecular weight is 248 g/mol. The topological polar surface area (TPSA) is 53.4 Å². The summed E-state index contributed by atoms with van der Waals surface area (Å²) in [6, 6.07) is 1.88. The molecule has 1 aliphatic heterocycles. The minimum absolute atomic E-state index is 0.310. The summed E-state index contributed by atoms with van der Waals surface area (Å²) >= 11 is 0. The van der Waals surface area contributed by atoms with E-state index in [1.54, 1.807) is 0 Å². The fourth-order valence-electron chi connectivity index (χ4n) is 2.52. The van der Waals surface area contributed by atoms with Crippen LogP contribution in [-0.4, -0.2) is 29.1 Å². The monoisotopic (exact) mass is 248 g/mol. The molecule has 0 spiro atoms. The molecule has 2 rings (SSSR count). The molecule has 0 amide bonds. The van der Waals surface area contributed by atoms with Crippen molar-refractivity contribution in [3.8, 4) is 0 Å². The number of nitrogens with zero attached hydrogens (tertiary/aromatic N) is 2. The Morgan fingerprint density at radius 3 is 2.83 bits per heavy atom. The summed E-state index contributed by atoms with van der Waals surface area (Å²) in [5.41, 5.74) is 1.99. The highest BCUT2D eigenvalue weighted by atomic mass is 16.4. The third-order valence-corrected chi connectivity index (χ3v) is 3.76. The van der Waals surface area contributed by atoms with Gasteiger partial charge in [0.2, 0.25) is 0 Å². The zero-order valence-electron chi connectivity index (χ0n) is 11.2. The molecule has 18 heavy (non-hydrogen) atoms. The number of carboxylic acids is 1. The third-order valence-electron chi connectivity index (χ3n) is 3.76. The molecule has 1 unspecified atom stereocenters. The first-order valence-corrected chi connectivity index (χ1v) is 6.44. The van der Waals surface area contributed by atoms with Crippen LogP contribution >= 0.6 is 0 Å². The van der Waals surface area contributed by atoms with E-state index in [1.807, 2.05) is 13.0 Å². The highest BCUT2D eigenvalue weighted by Gasteiger charge is 2.27. The van der Waals surface area contributed by atoms with Gasteiger partial charge in [0.05, 0.1) is 5.69 Å². The molecule has 98 valence electrons. The number of rotatable bonds is 3. The molecule has 1 aromatic rings. The van der Waals surface area contributed by atoms with Gasteiger partial charge in [-0.25, -0.2) is 4.79 Å². The number of carbonyl (C=O) groups is 1. The van der Waals surface area contributed by atoms with Gasteiger partial charge >= 0.3 is 5.97 Å². The van der Waals surface area contributed by atoms with Crippen molar-refractivity contribution >= 4 is 11.7 Å². The second kappa shape index (κ2) is 4.96. The van der Waals surface area contributed by atoms with E-state index in [2.05, 4.69) is 23.7 Å². The average Bonchev–Trinajstić information content (AvgIpc) is 2.77. The van der Waals surface area contributed by atoms with Gasteiger partial charge in [0.25, 0.3) is 0 Å². The van der Waals surface area contributed by atoms with Crippen LogP contribution in [0.4, 0.5) is 5.69 Å². The van der Waals surface area contributed by atoms with Gasteiger partial charge in [-0.15, -0.1) is 0 Å².